The maximum absolute atomic E-state index is 13.8. The van der Waals surface area contributed by atoms with E-state index in [4.69, 9.17) is 0 Å². The molecule has 1 aromatic heterocycles. The van der Waals surface area contributed by atoms with Crippen molar-refractivity contribution >= 4 is 28.5 Å². The minimum absolute atomic E-state index is 0.0320. The molecule has 3 rings (SSSR count). The number of rotatable bonds is 3. The van der Waals surface area contributed by atoms with Crippen molar-refractivity contribution in [2.24, 2.45) is 0 Å². The molecular formula is C17H12F2N2O3. The summed E-state index contributed by atoms with van der Waals surface area (Å²) in [6.45, 7) is 0. The van der Waals surface area contributed by atoms with Crippen LogP contribution in [0.5, 0.6) is 0 Å². The molecule has 0 aliphatic rings. The average molecular weight is 330 g/mol. The summed E-state index contributed by atoms with van der Waals surface area (Å²) < 4.78 is 31.9. The third kappa shape index (κ3) is 2.71. The minimum atomic E-state index is -0.761. The summed E-state index contributed by atoms with van der Waals surface area (Å²) in [6, 6.07) is 9.21. The number of esters is 1. The standard InChI is InChI=1S/C17H12F2N2O3/c1-24-17(23)15-14(11-8-9(18)6-7-13(11)20-15)21-16(22)10-4-2-3-5-12(10)19/h2-8,20H,1H3,(H,21,22). The van der Waals surface area contributed by atoms with Crippen molar-refractivity contribution in [2.75, 3.05) is 12.4 Å². The third-order valence-corrected chi connectivity index (χ3v) is 3.51. The lowest BCUT2D eigenvalue weighted by atomic mass is 10.1. The van der Waals surface area contributed by atoms with Crippen molar-refractivity contribution in [3.8, 4) is 0 Å². The van der Waals surface area contributed by atoms with Crippen LogP contribution in [-0.2, 0) is 4.74 Å². The van der Waals surface area contributed by atoms with E-state index in [0.29, 0.717) is 5.52 Å². The molecule has 0 aliphatic heterocycles. The molecule has 0 saturated heterocycles. The number of H-pyrrole nitrogens is 1. The first-order chi connectivity index (χ1) is 11.5. The number of amides is 1. The second kappa shape index (κ2) is 6.11. The molecule has 0 radical (unpaired) electrons. The number of ether oxygens (including phenoxy) is 1. The Hall–Kier alpha value is -3.22. The largest absolute Gasteiger partial charge is 0.464 e. The van der Waals surface area contributed by atoms with Crippen molar-refractivity contribution in [1.29, 1.82) is 0 Å². The zero-order valence-electron chi connectivity index (χ0n) is 12.5. The summed E-state index contributed by atoms with van der Waals surface area (Å²) in [6.07, 6.45) is 0. The molecule has 24 heavy (non-hydrogen) atoms. The molecule has 0 unspecified atom stereocenters. The first kappa shape index (κ1) is 15.7. The van der Waals surface area contributed by atoms with E-state index in [1.807, 2.05) is 0 Å². The number of hydrogen-bond donors (Lipinski definition) is 2. The van der Waals surface area contributed by atoms with E-state index in [0.717, 1.165) is 12.1 Å². The predicted octanol–water partition coefficient (Wildman–Crippen LogP) is 3.49. The number of carbonyl (C=O) groups is 2. The number of benzene rings is 2. The molecule has 7 heteroatoms. The van der Waals surface area contributed by atoms with Crippen molar-refractivity contribution in [2.45, 2.75) is 0 Å². The number of carbonyl (C=O) groups excluding carboxylic acids is 2. The Morgan fingerprint density at radius 2 is 1.88 bits per heavy atom. The van der Waals surface area contributed by atoms with E-state index >= 15 is 0 Å². The van der Waals surface area contributed by atoms with Crippen LogP contribution in [0.2, 0.25) is 0 Å². The number of methoxy groups -OCH3 is 1. The molecule has 0 spiro atoms. The second-order valence-corrected chi connectivity index (χ2v) is 4.99. The number of nitrogens with one attached hydrogen (secondary N) is 2. The summed E-state index contributed by atoms with van der Waals surface area (Å²) in [5.74, 6) is -2.75. The van der Waals surface area contributed by atoms with Gasteiger partial charge in [-0.15, -0.1) is 0 Å². The zero-order chi connectivity index (χ0) is 17.3. The van der Waals surface area contributed by atoms with Crippen LogP contribution >= 0.6 is 0 Å². The summed E-state index contributed by atoms with van der Waals surface area (Å²) >= 11 is 0. The lowest BCUT2D eigenvalue weighted by molar-refractivity contribution is 0.0596. The minimum Gasteiger partial charge on any atom is -0.464 e. The Kier molecular flexibility index (Phi) is 3.99. The molecule has 0 aliphatic carbocycles. The fourth-order valence-electron chi connectivity index (χ4n) is 2.38. The first-order valence-corrected chi connectivity index (χ1v) is 6.96. The Morgan fingerprint density at radius 3 is 2.58 bits per heavy atom. The van der Waals surface area contributed by atoms with E-state index in [2.05, 4.69) is 15.0 Å². The first-order valence-electron chi connectivity index (χ1n) is 6.96. The van der Waals surface area contributed by atoms with Crippen molar-refractivity contribution in [1.82, 2.24) is 4.98 Å². The Balaban J connectivity index is 2.10. The van der Waals surface area contributed by atoms with Crippen LogP contribution in [0.4, 0.5) is 14.5 Å². The zero-order valence-corrected chi connectivity index (χ0v) is 12.5. The van der Waals surface area contributed by atoms with Gasteiger partial charge in [-0.3, -0.25) is 4.79 Å². The lowest BCUT2D eigenvalue weighted by Gasteiger charge is -2.07. The quantitative estimate of drug-likeness (QED) is 0.722. The topological polar surface area (TPSA) is 71.2 Å². The smallest absolute Gasteiger partial charge is 0.356 e. The van der Waals surface area contributed by atoms with Gasteiger partial charge >= 0.3 is 5.97 Å². The number of fused-ring (bicyclic) bond motifs is 1. The van der Waals surface area contributed by atoms with Gasteiger partial charge in [0, 0.05) is 10.9 Å². The van der Waals surface area contributed by atoms with Gasteiger partial charge in [0.05, 0.1) is 18.4 Å². The highest BCUT2D eigenvalue weighted by Crippen LogP contribution is 2.29. The summed E-state index contributed by atoms with van der Waals surface area (Å²) in [5.41, 5.74) is 0.215. The molecule has 0 bridgehead atoms. The molecule has 3 aromatic rings. The number of aromatic amines is 1. The average Bonchev–Trinajstić information content (AvgIpc) is 2.92. The van der Waals surface area contributed by atoms with E-state index in [-0.39, 0.29) is 22.3 Å². The summed E-state index contributed by atoms with van der Waals surface area (Å²) in [4.78, 5) is 27.0. The van der Waals surface area contributed by atoms with Crippen LogP contribution in [0.3, 0.4) is 0 Å². The van der Waals surface area contributed by atoms with Crippen LogP contribution in [0, 0.1) is 11.6 Å². The van der Waals surface area contributed by atoms with Gasteiger partial charge < -0.3 is 15.0 Å². The van der Waals surface area contributed by atoms with E-state index in [1.165, 1.54) is 37.4 Å². The van der Waals surface area contributed by atoms with Crippen molar-refractivity contribution < 1.29 is 23.1 Å². The number of aromatic nitrogens is 1. The molecule has 1 heterocycles. The van der Waals surface area contributed by atoms with Gasteiger partial charge in [0.15, 0.2) is 0 Å². The molecule has 1 amide bonds. The van der Waals surface area contributed by atoms with Gasteiger partial charge in [0.1, 0.15) is 17.3 Å². The van der Waals surface area contributed by atoms with Gasteiger partial charge in [0.25, 0.3) is 5.91 Å². The molecule has 122 valence electrons. The Morgan fingerprint density at radius 1 is 1.12 bits per heavy atom. The normalized spacial score (nSPS) is 10.6. The SMILES string of the molecule is COC(=O)c1[nH]c2ccc(F)cc2c1NC(=O)c1ccccc1F. The molecule has 0 fully saturated rings. The predicted molar refractivity (Wildman–Crippen MR) is 83.9 cm³/mol. The van der Waals surface area contributed by atoms with Gasteiger partial charge in [-0.05, 0) is 30.3 Å². The second-order valence-electron chi connectivity index (χ2n) is 4.99. The van der Waals surface area contributed by atoms with Gasteiger partial charge in [-0.1, -0.05) is 12.1 Å². The molecular weight excluding hydrogens is 318 g/mol. The Bertz CT molecular complexity index is 950. The van der Waals surface area contributed by atoms with E-state index in [1.54, 1.807) is 0 Å². The van der Waals surface area contributed by atoms with Crippen molar-refractivity contribution in [3.05, 3.63) is 65.4 Å². The summed E-state index contributed by atoms with van der Waals surface area (Å²) in [7, 11) is 1.18. The molecule has 2 N–H and O–H groups in total. The van der Waals surface area contributed by atoms with Gasteiger partial charge in [0.2, 0.25) is 0 Å². The van der Waals surface area contributed by atoms with Crippen LogP contribution < -0.4 is 5.32 Å². The Labute approximate surface area is 135 Å². The highest BCUT2D eigenvalue weighted by molar-refractivity contribution is 6.14. The number of anilines is 1. The molecule has 0 atom stereocenters. The number of halogens is 2. The fraction of sp³-hybridized carbons (Fsp3) is 0.0588. The number of hydrogen-bond acceptors (Lipinski definition) is 3. The highest BCUT2D eigenvalue weighted by atomic mass is 19.1. The van der Waals surface area contributed by atoms with E-state index in [9.17, 15) is 18.4 Å². The van der Waals surface area contributed by atoms with E-state index < -0.39 is 23.5 Å². The van der Waals surface area contributed by atoms with Crippen LogP contribution in [0.25, 0.3) is 10.9 Å². The molecule has 0 saturated carbocycles. The maximum atomic E-state index is 13.8. The maximum Gasteiger partial charge on any atom is 0.356 e. The van der Waals surface area contributed by atoms with Crippen LogP contribution in [0.15, 0.2) is 42.5 Å². The van der Waals surface area contributed by atoms with Crippen LogP contribution in [-0.4, -0.2) is 24.0 Å². The van der Waals surface area contributed by atoms with Gasteiger partial charge in [-0.2, -0.15) is 0 Å². The van der Waals surface area contributed by atoms with Crippen molar-refractivity contribution in [3.63, 3.8) is 0 Å². The molecule has 5 nitrogen and oxygen atoms in total. The lowest BCUT2D eigenvalue weighted by Crippen LogP contribution is -2.16. The summed E-state index contributed by atoms with van der Waals surface area (Å²) in [5, 5.41) is 2.73. The van der Waals surface area contributed by atoms with Gasteiger partial charge in [-0.25, -0.2) is 13.6 Å². The molecule has 2 aromatic carbocycles. The third-order valence-electron chi connectivity index (χ3n) is 3.51. The monoisotopic (exact) mass is 330 g/mol. The highest BCUT2D eigenvalue weighted by Gasteiger charge is 2.22. The fourth-order valence-corrected chi connectivity index (χ4v) is 2.38. The van der Waals surface area contributed by atoms with Crippen LogP contribution in [0.1, 0.15) is 20.8 Å².